The van der Waals surface area contributed by atoms with Gasteiger partial charge in [-0.15, -0.1) is 11.3 Å². The lowest BCUT2D eigenvalue weighted by molar-refractivity contribution is -0.121. The highest BCUT2D eigenvalue weighted by Gasteiger charge is 2.59. The van der Waals surface area contributed by atoms with E-state index in [0.29, 0.717) is 17.8 Å². The second-order valence-electron chi connectivity index (χ2n) is 7.31. The number of para-hydroxylation sites is 1. The number of aromatic nitrogens is 3. The highest BCUT2D eigenvalue weighted by molar-refractivity contribution is 7.13. The van der Waals surface area contributed by atoms with Crippen molar-refractivity contribution in [1.29, 1.82) is 0 Å². The van der Waals surface area contributed by atoms with E-state index in [1.54, 1.807) is 17.1 Å². The van der Waals surface area contributed by atoms with Crippen LogP contribution in [-0.4, -0.2) is 38.0 Å². The summed E-state index contributed by atoms with van der Waals surface area (Å²) in [5.41, 5.74) is 1.82. The summed E-state index contributed by atoms with van der Waals surface area (Å²) in [4.78, 5) is 33.2. The number of anilines is 1. The number of aryl methyl sites for hydroxylation is 2. The molecule has 1 N–H and O–H groups in total. The van der Waals surface area contributed by atoms with Gasteiger partial charge in [0.2, 0.25) is 5.91 Å². The molecule has 4 heterocycles. The number of benzene rings is 1. The van der Waals surface area contributed by atoms with Crippen LogP contribution in [0.1, 0.15) is 38.3 Å². The number of fused-ring (bicyclic) bond motifs is 2. The van der Waals surface area contributed by atoms with Crippen molar-refractivity contribution in [2.24, 2.45) is 7.05 Å². The molecule has 1 spiro atoms. The van der Waals surface area contributed by atoms with Crippen LogP contribution >= 0.6 is 11.3 Å². The predicted molar refractivity (Wildman–Crippen MR) is 105 cm³/mol. The van der Waals surface area contributed by atoms with Gasteiger partial charge in [-0.1, -0.05) is 18.2 Å². The van der Waals surface area contributed by atoms with E-state index in [1.807, 2.05) is 49.3 Å². The van der Waals surface area contributed by atoms with Crippen molar-refractivity contribution in [1.82, 2.24) is 19.7 Å². The summed E-state index contributed by atoms with van der Waals surface area (Å²) >= 11 is 1.38. The molecule has 0 saturated carbocycles. The summed E-state index contributed by atoms with van der Waals surface area (Å²) in [6.07, 6.45) is 5.84. The van der Waals surface area contributed by atoms with Gasteiger partial charge in [-0.2, -0.15) is 5.10 Å². The van der Waals surface area contributed by atoms with Crippen molar-refractivity contribution < 1.29 is 9.59 Å². The molecule has 142 valence electrons. The molecule has 1 saturated heterocycles. The van der Waals surface area contributed by atoms with Crippen molar-refractivity contribution in [2.75, 3.05) is 11.9 Å². The fourth-order valence-corrected chi connectivity index (χ4v) is 5.29. The van der Waals surface area contributed by atoms with E-state index in [1.165, 1.54) is 11.3 Å². The number of hydrogen-bond donors (Lipinski definition) is 1. The zero-order chi connectivity index (χ0) is 19.5. The van der Waals surface area contributed by atoms with E-state index in [2.05, 4.69) is 15.4 Å². The third-order valence-electron chi connectivity index (χ3n) is 5.72. The van der Waals surface area contributed by atoms with Crippen LogP contribution in [0.3, 0.4) is 0 Å². The first-order chi connectivity index (χ1) is 13.5. The maximum atomic E-state index is 13.3. The third-order valence-corrected chi connectivity index (χ3v) is 6.62. The lowest BCUT2D eigenvalue weighted by Crippen LogP contribution is -2.42. The summed E-state index contributed by atoms with van der Waals surface area (Å²) in [7, 11) is 1.84. The fourth-order valence-electron chi connectivity index (χ4n) is 4.55. The monoisotopic (exact) mass is 393 g/mol. The number of hydrogen-bond acceptors (Lipinski definition) is 5. The zero-order valence-electron chi connectivity index (χ0n) is 15.5. The molecule has 0 radical (unpaired) electrons. The molecule has 0 bridgehead atoms. The van der Waals surface area contributed by atoms with E-state index in [0.717, 1.165) is 21.8 Å². The number of thiazole rings is 1. The Balaban J connectivity index is 1.67. The molecule has 7 nitrogen and oxygen atoms in total. The van der Waals surface area contributed by atoms with Gasteiger partial charge >= 0.3 is 0 Å². The number of likely N-dealkylation sites (tertiary alicyclic amines) is 1. The average molecular weight is 393 g/mol. The largest absolute Gasteiger partial charge is 0.329 e. The van der Waals surface area contributed by atoms with E-state index in [-0.39, 0.29) is 11.8 Å². The van der Waals surface area contributed by atoms with Gasteiger partial charge < -0.3 is 10.2 Å². The Kier molecular flexibility index (Phi) is 3.67. The maximum absolute atomic E-state index is 13.3. The zero-order valence-corrected chi connectivity index (χ0v) is 16.4. The first-order valence-corrected chi connectivity index (χ1v) is 9.95. The highest BCUT2D eigenvalue weighted by atomic mass is 32.1. The Morgan fingerprint density at radius 2 is 2.14 bits per heavy atom. The average Bonchev–Trinajstić information content (AvgIpc) is 3.43. The SMILES string of the molecule is Cc1ncc(C(=O)N2CC[C@]3(C(=O)Nc4ccccc43)[C@@H]2c2cnn(C)c2)s1. The van der Waals surface area contributed by atoms with E-state index in [9.17, 15) is 9.59 Å². The summed E-state index contributed by atoms with van der Waals surface area (Å²) in [6.45, 7) is 2.38. The quantitative estimate of drug-likeness (QED) is 0.726. The van der Waals surface area contributed by atoms with Gasteiger partial charge in [0, 0.05) is 31.0 Å². The Morgan fingerprint density at radius 1 is 1.32 bits per heavy atom. The Morgan fingerprint density at radius 3 is 2.86 bits per heavy atom. The smallest absolute Gasteiger partial charge is 0.266 e. The highest BCUT2D eigenvalue weighted by Crippen LogP contribution is 2.54. The molecule has 2 aliphatic rings. The summed E-state index contributed by atoms with van der Waals surface area (Å²) in [5, 5.41) is 8.18. The molecule has 1 fully saturated rings. The van der Waals surface area contributed by atoms with E-state index < -0.39 is 11.5 Å². The second kappa shape index (κ2) is 6.00. The Hall–Kier alpha value is -3.00. The van der Waals surface area contributed by atoms with Crippen LogP contribution in [0.25, 0.3) is 0 Å². The molecule has 5 rings (SSSR count). The van der Waals surface area contributed by atoms with Crippen molar-refractivity contribution in [2.45, 2.75) is 24.8 Å². The van der Waals surface area contributed by atoms with Crippen LogP contribution in [-0.2, 0) is 17.3 Å². The molecule has 28 heavy (non-hydrogen) atoms. The van der Waals surface area contributed by atoms with Gasteiger partial charge in [-0.05, 0) is 25.0 Å². The van der Waals surface area contributed by atoms with Gasteiger partial charge in [0.1, 0.15) is 10.3 Å². The summed E-state index contributed by atoms with van der Waals surface area (Å²) in [5.74, 6) is -0.146. The Labute approximate surface area is 166 Å². The van der Waals surface area contributed by atoms with Gasteiger partial charge in [-0.3, -0.25) is 14.3 Å². The van der Waals surface area contributed by atoms with Crippen molar-refractivity contribution in [3.05, 3.63) is 63.9 Å². The molecule has 1 aromatic carbocycles. The molecular weight excluding hydrogens is 374 g/mol. The number of carbonyl (C=O) groups excluding carboxylic acids is 2. The Bertz CT molecular complexity index is 1100. The van der Waals surface area contributed by atoms with Crippen LogP contribution in [0.5, 0.6) is 0 Å². The van der Waals surface area contributed by atoms with E-state index >= 15 is 0 Å². The third kappa shape index (κ3) is 2.27. The van der Waals surface area contributed by atoms with Crippen molar-refractivity contribution in [3.8, 4) is 0 Å². The number of nitrogens with zero attached hydrogens (tertiary/aromatic N) is 4. The second-order valence-corrected chi connectivity index (χ2v) is 8.55. The normalized spacial score (nSPS) is 23.3. The van der Waals surface area contributed by atoms with Gasteiger partial charge in [0.15, 0.2) is 0 Å². The minimum atomic E-state index is -0.810. The topological polar surface area (TPSA) is 80.1 Å². The summed E-state index contributed by atoms with van der Waals surface area (Å²) < 4.78 is 1.71. The lowest BCUT2D eigenvalue weighted by atomic mass is 9.73. The van der Waals surface area contributed by atoms with Crippen molar-refractivity contribution >= 4 is 28.8 Å². The van der Waals surface area contributed by atoms with Crippen molar-refractivity contribution in [3.63, 3.8) is 0 Å². The molecule has 2 amide bonds. The van der Waals surface area contributed by atoms with Crippen LogP contribution in [0.2, 0.25) is 0 Å². The minimum absolute atomic E-state index is 0.0571. The standard InChI is InChI=1S/C20H19N5O2S/c1-12-21-10-16(28-12)18(26)25-8-7-20(17(25)13-9-22-24(2)11-13)14-5-3-4-6-15(14)23-19(20)27/h3-6,9-11,17H,7-8H2,1-2H3,(H,23,27)/t17-,20+/m0/s1. The van der Waals surface area contributed by atoms with Gasteiger partial charge in [0.25, 0.3) is 5.91 Å². The molecule has 8 heteroatoms. The molecule has 3 aromatic rings. The van der Waals surface area contributed by atoms with Crippen LogP contribution < -0.4 is 5.32 Å². The molecule has 0 aliphatic carbocycles. The van der Waals surface area contributed by atoms with E-state index in [4.69, 9.17) is 0 Å². The first kappa shape index (κ1) is 17.1. The lowest BCUT2D eigenvalue weighted by Gasteiger charge is -2.33. The van der Waals surface area contributed by atoms with Crippen LogP contribution in [0.15, 0.2) is 42.9 Å². The first-order valence-electron chi connectivity index (χ1n) is 9.13. The van der Waals surface area contributed by atoms with Crippen LogP contribution in [0.4, 0.5) is 5.69 Å². The maximum Gasteiger partial charge on any atom is 0.266 e. The predicted octanol–water partition coefficient (Wildman–Crippen LogP) is 2.66. The minimum Gasteiger partial charge on any atom is -0.329 e. The van der Waals surface area contributed by atoms with Crippen LogP contribution in [0, 0.1) is 6.92 Å². The molecule has 2 aromatic heterocycles. The molecular formula is C20H19N5O2S. The number of amides is 2. The fraction of sp³-hybridized carbons (Fsp3) is 0.300. The number of nitrogens with one attached hydrogen (secondary N) is 1. The molecule has 2 atom stereocenters. The number of carbonyl (C=O) groups is 2. The number of rotatable bonds is 2. The molecule has 2 aliphatic heterocycles. The van der Waals surface area contributed by atoms with Gasteiger partial charge in [0.05, 0.1) is 23.4 Å². The van der Waals surface area contributed by atoms with Gasteiger partial charge in [-0.25, -0.2) is 4.98 Å². The summed E-state index contributed by atoms with van der Waals surface area (Å²) in [6, 6.07) is 7.34. The molecule has 0 unspecified atom stereocenters.